The molecule has 0 bridgehead atoms. The average Bonchev–Trinajstić information content (AvgIpc) is 2.55. The van der Waals surface area contributed by atoms with Crippen LogP contribution in [0.5, 0.6) is 5.75 Å². The summed E-state index contributed by atoms with van der Waals surface area (Å²) in [7, 11) is 1.55. The van der Waals surface area contributed by atoms with Crippen LogP contribution in [0.2, 0.25) is 5.02 Å². The number of benzene rings is 2. The van der Waals surface area contributed by atoms with Gasteiger partial charge in [-0.15, -0.1) is 0 Å². The van der Waals surface area contributed by atoms with E-state index in [0.29, 0.717) is 22.0 Å². The van der Waals surface area contributed by atoms with Crippen LogP contribution in [0, 0.1) is 6.92 Å². The zero-order valence-corrected chi connectivity index (χ0v) is 13.6. The van der Waals surface area contributed by atoms with Gasteiger partial charge in [-0.05, 0) is 55.0 Å². The lowest BCUT2D eigenvalue weighted by Gasteiger charge is -2.10. The highest BCUT2D eigenvalue weighted by Gasteiger charge is 2.09. The van der Waals surface area contributed by atoms with Crippen molar-refractivity contribution in [3.05, 3.63) is 58.6 Å². The fraction of sp³-hybridized carbons (Fsp3) is 0.176. The van der Waals surface area contributed by atoms with Crippen molar-refractivity contribution < 1.29 is 14.3 Å². The van der Waals surface area contributed by atoms with Gasteiger partial charge in [-0.25, -0.2) is 0 Å². The van der Waals surface area contributed by atoms with E-state index in [1.807, 2.05) is 6.92 Å². The smallest absolute Gasteiger partial charge is 0.251 e. The van der Waals surface area contributed by atoms with E-state index >= 15 is 0 Å². The third-order valence-corrected chi connectivity index (χ3v) is 3.46. The molecule has 0 aliphatic carbocycles. The van der Waals surface area contributed by atoms with Crippen molar-refractivity contribution in [2.24, 2.45) is 0 Å². The molecule has 5 nitrogen and oxygen atoms in total. The van der Waals surface area contributed by atoms with Crippen LogP contribution >= 0.6 is 11.6 Å². The predicted octanol–water partition coefficient (Wildman–Crippen LogP) is 3.03. The summed E-state index contributed by atoms with van der Waals surface area (Å²) in [6.45, 7) is 1.73. The molecule has 2 aromatic carbocycles. The van der Waals surface area contributed by atoms with Gasteiger partial charge in [-0.2, -0.15) is 0 Å². The first-order chi connectivity index (χ1) is 11.0. The molecule has 0 spiro atoms. The van der Waals surface area contributed by atoms with Crippen LogP contribution in [0.1, 0.15) is 15.9 Å². The van der Waals surface area contributed by atoms with Gasteiger partial charge in [0.15, 0.2) is 0 Å². The molecule has 2 rings (SSSR count). The Bertz CT molecular complexity index is 714. The number of carbonyl (C=O) groups excluding carboxylic acids is 2. The lowest BCUT2D eigenvalue weighted by Crippen LogP contribution is -2.32. The molecule has 0 aliphatic rings. The van der Waals surface area contributed by atoms with Crippen LogP contribution in [-0.4, -0.2) is 25.5 Å². The minimum absolute atomic E-state index is 0.118. The van der Waals surface area contributed by atoms with Gasteiger partial charge in [0, 0.05) is 16.3 Å². The molecule has 0 saturated carbocycles. The quantitative estimate of drug-likeness (QED) is 0.884. The number of anilines is 1. The number of methoxy groups -OCH3 is 1. The van der Waals surface area contributed by atoms with E-state index in [4.69, 9.17) is 16.3 Å². The Balaban J connectivity index is 1.89. The molecule has 0 radical (unpaired) electrons. The largest absolute Gasteiger partial charge is 0.497 e. The summed E-state index contributed by atoms with van der Waals surface area (Å²) >= 11 is 5.87. The van der Waals surface area contributed by atoms with Crippen LogP contribution in [0.4, 0.5) is 5.69 Å². The van der Waals surface area contributed by atoms with Crippen molar-refractivity contribution in [3.8, 4) is 5.75 Å². The maximum absolute atomic E-state index is 12.0. The molecule has 2 N–H and O–H groups in total. The monoisotopic (exact) mass is 332 g/mol. The Morgan fingerprint density at radius 3 is 2.43 bits per heavy atom. The number of amides is 2. The van der Waals surface area contributed by atoms with Crippen molar-refractivity contribution in [2.75, 3.05) is 19.0 Å². The van der Waals surface area contributed by atoms with E-state index in [1.165, 1.54) is 0 Å². The first-order valence-corrected chi connectivity index (χ1v) is 7.35. The molecule has 23 heavy (non-hydrogen) atoms. The molecule has 0 aliphatic heterocycles. The highest BCUT2D eigenvalue weighted by molar-refractivity contribution is 6.30. The first kappa shape index (κ1) is 16.8. The Morgan fingerprint density at radius 2 is 1.83 bits per heavy atom. The molecule has 0 aromatic heterocycles. The van der Waals surface area contributed by atoms with Gasteiger partial charge >= 0.3 is 0 Å². The molecule has 0 atom stereocenters. The standard InChI is InChI=1S/C17H17ClN2O3/c1-11-9-13(18)5-8-15(11)20-16(21)10-19-17(22)12-3-6-14(23-2)7-4-12/h3-9H,10H2,1-2H3,(H,19,22)(H,20,21). The normalized spacial score (nSPS) is 10.0. The number of hydrogen-bond donors (Lipinski definition) is 2. The summed E-state index contributed by atoms with van der Waals surface area (Å²) in [5, 5.41) is 5.90. The SMILES string of the molecule is COc1ccc(C(=O)NCC(=O)Nc2ccc(Cl)cc2C)cc1. The van der Waals surface area contributed by atoms with Gasteiger partial charge in [-0.3, -0.25) is 9.59 Å². The topological polar surface area (TPSA) is 67.4 Å². The fourth-order valence-electron chi connectivity index (χ4n) is 1.97. The first-order valence-electron chi connectivity index (χ1n) is 6.98. The van der Waals surface area contributed by atoms with Crippen molar-refractivity contribution >= 4 is 29.1 Å². The third kappa shape index (κ3) is 4.72. The Morgan fingerprint density at radius 1 is 1.13 bits per heavy atom. The number of hydrogen-bond acceptors (Lipinski definition) is 3. The van der Waals surface area contributed by atoms with E-state index in [-0.39, 0.29) is 18.4 Å². The van der Waals surface area contributed by atoms with Crippen molar-refractivity contribution in [2.45, 2.75) is 6.92 Å². The number of halogens is 1. The number of rotatable bonds is 5. The van der Waals surface area contributed by atoms with E-state index in [0.717, 1.165) is 5.56 Å². The van der Waals surface area contributed by atoms with E-state index in [9.17, 15) is 9.59 Å². The van der Waals surface area contributed by atoms with Crippen LogP contribution in [0.25, 0.3) is 0 Å². The van der Waals surface area contributed by atoms with Gasteiger partial charge in [0.1, 0.15) is 5.75 Å². The summed E-state index contributed by atoms with van der Waals surface area (Å²) in [6, 6.07) is 11.8. The van der Waals surface area contributed by atoms with Gasteiger partial charge in [0.05, 0.1) is 13.7 Å². The van der Waals surface area contributed by atoms with E-state index in [2.05, 4.69) is 10.6 Å². The maximum atomic E-state index is 12.0. The predicted molar refractivity (Wildman–Crippen MR) is 90.1 cm³/mol. The summed E-state index contributed by atoms with van der Waals surface area (Å²) in [4.78, 5) is 23.9. The second-order valence-electron chi connectivity index (χ2n) is 4.92. The fourth-order valence-corrected chi connectivity index (χ4v) is 2.19. The number of ether oxygens (including phenoxy) is 1. The van der Waals surface area contributed by atoms with E-state index < -0.39 is 0 Å². The van der Waals surface area contributed by atoms with E-state index in [1.54, 1.807) is 49.6 Å². The number of aryl methyl sites for hydroxylation is 1. The Kier molecular flexibility index (Phi) is 5.60. The number of nitrogens with one attached hydrogen (secondary N) is 2. The molecule has 0 fully saturated rings. The van der Waals surface area contributed by atoms with Gasteiger partial charge in [0.25, 0.3) is 5.91 Å². The zero-order valence-electron chi connectivity index (χ0n) is 12.9. The lowest BCUT2D eigenvalue weighted by molar-refractivity contribution is -0.115. The van der Waals surface area contributed by atoms with Crippen LogP contribution in [-0.2, 0) is 4.79 Å². The molecule has 6 heteroatoms. The van der Waals surface area contributed by atoms with Crippen LogP contribution < -0.4 is 15.4 Å². The summed E-state index contributed by atoms with van der Waals surface area (Å²) < 4.78 is 5.03. The van der Waals surface area contributed by atoms with Crippen LogP contribution in [0.15, 0.2) is 42.5 Å². The van der Waals surface area contributed by atoms with Crippen LogP contribution in [0.3, 0.4) is 0 Å². The Hall–Kier alpha value is -2.53. The highest BCUT2D eigenvalue weighted by atomic mass is 35.5. The average molecular weight is 333 g/mol. The van der Waals surface area contributed by atoms with Gasteiger partial charge in [-0.1, -0.05) is 11.6 Å². The lowest BCUT2D eigenvalue weighted by atomic mass is 10.2. The minimum atomic E-state index is -0.323. The number of carbonyl (C=O) groups is 2. The Labute approximate surface area is 139 Å². The zero-order chi connectivity index (χ0) is 16.8. The molecule has 2 aromatic rings. The summed E-state index contributed by atoms with van der Waals surface area (Å²) in [5.74, 6) is 0.0328. The highest BCUT2D eigenvalue weighted by Crippen LogP contribution is 2.19. The second-order valence-corrected chi connectivity index (χ2v) is 5.36. The molecule has 0 heterocycles. The molecular formula is C17H17ClN2O3. The summed E-state index contributed by atoms with van der Waals surface area (Å²) in [6.07, 6.45) is 0. The molecule has 2 amide bonds. The maximum Gasteiger partial charge on any atom is 0.251 e. The van der Waals surface area contributed by atoms with Crippen molar-refractivity contribution in [1.29, 1.82) is 0 Å². The molecular weight excluding hydrogens is 316 g/mol. The third-order valence-electron chi connectivity index (χ3n) is 3.22. The molecule has 0 unspecified atom stereocenters. The molecule has 0 saturated heterocycles. The summed E-state index contributed by atoms with van der Waals surface area (Å²) in [5.41, 5.74) is 1.98. The van der Waals surface area contributed by atoms with Gasteiger partial charge in [0.2, 0.25) is 5.91 Å². The molecule has 120 valence electrons. The minimum Gasteiger partial charge on any atom is -0.497 e. The van der Waals surface area contributed by atoms with Crippen molar-refractivity contribution in [3.63, 3.8) is 0 Å². The van der Waals surface area contributed by atoms with Crippen molar-refractivity contribution in [1.82, 2.24) is 5.32 Å². The second kappa shape index (κ2) is 7.65. The van der Waals surface area contributed by atoms with Gasteiger partial charge < -0.3 is 15.4 Å².